The van der Waals surface area contributed by atoms with Crippen LogP contribution in [-0.4, -0.2) is 41.6 Å². The van der Waals surface area contributed by atoms with E-state index in [1.165, 1.54) is 11.8 Å². The molecule has 1 N–H and O–H groups in total. The fraction of sp³-hybridized carbons (Fsp3) is 0.312. The Morgan fingerprint density at radius 1 is 1.28 bits per heavy atom. The van der Waals surface area contributed by atoms with Crippen molar-refractivity contribution in [2.24, 2.45) is 7.05 Å². The molecule has 25 heavy (non-hydrogen) atoms. The van der Waals surface area contributed by atoms with Crippen molar-refractivity contribution in [3.05, 3.63) is 41.2 Å². The highest BCUT2D eigenvalue weighted by molar-refractivity contribution is 7.99. The lowest BCUT2D eigenvalue weighted by atomic mass is 10.2. The van der Waals surface area contributed by atoms with E-state index in [2.05, 4.69) is 25.9 Å². The number of carbonyl (C=O) groups is 1. The summed E-state index contributed by atoms with van der Waals surface area (Å²) in [5, 5.41) is 19.5. The van der Waals surface area contributed by atoms with Gasteiger partial charge in [0.05, 0.1) is 28.5 Å². The van der Waals surface area contributed by atoms with Gasteiger partial charge < -0.3 is 5.32 Å². The Hall–Kier alpha value is -2.68. The van der Waals surface area contributed by atoms with Gasteiger partial charge in [-0.25, -0.2) is 0 Å². The normalized spacial score (nSPS) is 10.9. The minimum absolute atomic E-state index is 0.122. The fourth-order valence-electron chi connectivity index (χ4n) is 2.45. The molecule has 0 radical (unpaired) electrons. The maximum absolute atomic E-state index is 12.3. The van der Waals surface area contributed by atoms with E-state index < -0.39 is 0 Å². The van der Waals surface area contributed by atoms with E-state index >= 15 is 0 Å². The van der Waals surface area contributed by atoms with Crippen molar-refractivity contribution in [1.29, 1.82) is 0 Å². The van der Waals surface area contributed by atoms with Gasteiger partial charge in [0.1, 0.15) is 0 Å². The van der Waals surface area contributed by atoms with E-state index in [-0.39, 0.29) is 11.7 Å². The standard InChI is InChI=1S/C16H19N7OS/c1-10-6-5-7-13(8-10)23-16(18-20-21-23)25-9-14(24)17-15-11(2)19-22(4)12(15)3/h5-8H,9H2,1-4H3,(H,17,24). The van der Waals surface area contributed by atoms with E-state index in [0.717, 1.165) is 28.3 Å². The van der Waals surface area contributed by atoms with Crippen LogP contribution in [0.3, 0.4) is 0 Å². The summed E-state index contributed by atoms with van der Waals surface area (Å²) in [6, 6.07) is 7.87. The number of nitrogens with one attached hydrogen (secondary N) is 1. The molecule has 2 aromatic heterocycles. The van der Waals surface area contributed by atoms with E-state index in [9.17, 15) is 4.79 Å². The largest absolute Gasteiger partial charge is 0.322 e. The van der Waals surface area contributed by atoms with Crippen molar-refractivity contribution in [3.8, 4) is 5.69 Å². The third-order valence-corrected chi connectivity index (χ3v) is 4.71. The van der Waals surface area contributed by atoms with Crippen molar-refractivity contribution in [2.75, 3.05) is 11.1 Å². The monoisotopic (exact) mass is 357 g/mol. The summed E-state index contributed by atoms with van der Waals surface area (Å²) in [7, 11) is 1.85. The van der Waals surface area contributed by atoms with Gasteiger partial charge in [0, 0.05) is 7.05 Å². The number of benzene rings is 1. The molecule has 8 nitrogen and oxygen atoms in total. The number of carbonyl (C=O) groups excluding carboxylic acids is 1. The van der Waals surface area contributed by atoms with Crippen LogP contribution < -0.4 is 5.32 Å². The zero-order valence-corrected chi connectivity index (χ0v) is 15.3. The molecule has 0 saturated carbocycles. The summed E-state index contributed by atoms with van der Waals surface area (Å²) in [5.74, 6) is 0.0861. The summed E-state index contributed by atoms with van der Waals surface area (Å²) in [6.45, 7) is 5.79. The van der Waals surface area contributed by atoms with E-state index in [1.807, 2.05) is 52.1 Å². The Morgan fingerprint density at radius 3 is 2.76 bits per heavy atom. The molecule has 9 heteroatoms. The van der Waals surface area contributed by atoms with Crippen LogP contribution in [0, 0.1) is 20.8 Å². The predicted molar refractivity (Wildman–Crippen MR) is 95.9 cm³/mol. The number of aromatic nitrogens is 6. The fourth-order valence-corrected chi connectivity index (χ4v) is 3.14. The third-order valence-electron chi connectivity index (χ3n) is 3.79. The molecule has 130 valence electrons. The van der Waals surface area contributed by atoms with Gasteiger partial charge in [0.2, 0.25) is 11.1 Å². The highest BCUT2D eigenvalue weighted by Crippen LogP contribution is 2.21. The van der Waals surface area contributed by atoms with Gasteiger partial charge in [-0.2, -0.15) is 9.78 Å². The van der Waals surface area contributed by atoms with Crippen molar-refractivity contribution < 1.29 is 4.79 Å². The van der Waals surface area contributed by atoms with Gasteiger partial charge in [-0.05, 0) is 48.9 Å². The molecule has 0 aliphatic carbocycles. The maximum Gasteiger partial charge on any atom is 0.234 e. The Labute approximate surface area is 149 Å². The molecular formula is C16H19N7OS. The van der Waals surface area contributed by atoms with Crippen LogP contribution in [-0.2, 0) is 11.8 Å². The molecule has 0 aliphatic rings. The smallest absolute Gasteiger partial charge is 0.234 e. The summed E-state index contributed by atoms with van der Waals surface area (Å²) < 4.78 is 3.38. The summed E-state index contributed by atoms with van der Waals surface area (Å²) in [5.41, 5.74) is 4.45. The van der Waals surface area contributed by atoms with Crippen molar-refractivity contribution >= 4 is 23.4 Å². The average Bonchev–Trinajstić information content (AvgIpc) is 3.13. The van der Waals surface area contributed by atoms with Crippen LogP contribution in [0.15, 0.2) is 29.4 Å². The quantitative estimate of drug-likeness (QED) is 0.703. The van der Waals surface area contributed by atoms with Crippen molar-refractivity contribution in [3.63, 3.8) is 0 Å². The summed E-state index contributed by atoms with van der Waals surface area (Å²) in [6.07, 6.45) is 0. The number of rotatable bonds is 5. The molecule has 3 aromatic rings. The number of thioether (sulfide) groups is 1. The molecule has 0 fully saturated rings. The van der Waals surface area contributed by atoms with E-state index in [4.69, 9.17) is 0 Å². The predicted octanol–water partition coefficient (Wildman–Crippen LogP) is 2.05. The molecule has 1 aromatic carbocycles. The van der Waals surface area contributed by atoms with Crippen LogP contribution in [0.1, 0.15) is 17.0 Å². The zero-order chi connectivity index (χ0) is 18.0. The van der Waals surface area contributed by atoms with Crippen LogP contribution in [0.2, 0.25) is 0 Å². The van der Waals surface area contributed by atoms with Crippen LogP contribution in [0.4, 0.5) is 5.69 Å². The first-order valence-electron chi connectivity index (χ1n) is 7.74. The lowest BCUT2D eigenvalue weighted by Gasteiger charge is -2.06. The first-order valence-corrected chi connectivity index (χ1v) is 8.72. The first-order chi connectivity index (χ1) is 12.0. The third kappa shape index (κ3) is 3.71. The van der Waals surface area contributed by atoms with Crippen LogP contribution in [0.5, 0.6) is 0 Å². The number of aryl methyl sites for hydroxylation is 3. The van der Waals surface area contributed by atoms with E-state index in [0.29, 0.717) is 5.16 Å². The molecule has 1 amide bonds. The highest BCUT2D eigenvalue weighted by atomic mass is 32.2. The molecule has 0 aliphatic heterocycles. The number of anilines is 1. The molecule has 0 spiro atoms. The van der Waals surface area contributed by atoms with Gasteiger partial charge in [0.25, 0.3) is 0 Å². The lowest BCUT2D eigenvalue weighted by molar-refractivity contribution is -0.113. The Kier molecular flexibility index (Phi) is 4.84. The summed E-state index contributed by atoms with van der Waals surface area (Å²) >= 11 is 1.29. The molecule has 0 bridgehead atoms. The minimum Gasteiger partial charge on any atom is -0.322 e. The van der Waals surface area contributed by atoms with Gasteiger partial charge in [-0.1, -0.05) is 23.9 Å². The molecule has 0 atom stereocenters. The lowest BCUT2D eigenvalue weighted by Crippen LogP contribution is -2.15. The van der Waals surface area contributed by atoms with Crippen molar-refractivity contribution in [2.45, 2.75) is 25.9 Å². The molecule has 2 heterocycles. The highest BCUT2D eigenvalue weighted by Gasteiger charge is 2.15. The zero-order valence-electron chi connectivity index (χ0n) is 14.5. The minimum atomic E-state index is -0.122. The Bertz CT molecular complexity index is 915. The number of tetrazole rings is 1. The van der Waals surface area contributed by atoms with Gasteiger partial charge >= 0.3 is 0 Å². The van der Waals surface area contributed by atoms with Gasteiger partial charge in [0.15, 0.2) is 0 Å². The second-order valence-electron chi connectivity index (χ2n) is 5.72. The molecule has 0 unspecified atom stereocenters. The molecule has 0 saturated heterocycles. The average molecular weight is 357 g/mol. The molecule has 3 rings (SSSR count). The Balaban J connectivity index is 1.68. The number of hydrogen-bond donors (Lipinski definition) is 1. The van der Waals surface area contributed by atoms with Gasteiger partial charge in [-0.15, -0.1) is 5.10 Å². The SMILES string of the molecule is Cc1cccc(-n2nnnc2SCC(=O)Nc2c(C)nn(C)c2C)c1. The maximum atomic E-state index is 12.3. The van der Waals surface area contributed by atoms with Crippen LogP contribution in [0.25, 0.3) is 5.69 Å². The summed E-state index contributed by atoms with van der Waals surface area (Å²) in [4.78, 5) is 12.3. The van der Waals surface area contributed by atoms with Crippen molar-refractivity contribution in [1.82, 2.24) is 30.0 Å². The van der Waals surface area contributed by atoms with Gasteiger partial charge in [-0.3, -0.25) is 9.48 Å². The van der Waals surface area contributed by atoms with E-state index in [1.54, 1.807) is 9.36 Å². The number of hydrogen-bond acceptors (Lipinski definition) is 6. The Morgan fingerprint density at radius 2 is 2.08 bits per heavy atom. The topological polar surface area (TPSA) is 90.5 Å². The second kappa shape index (κ2) is 7.06. The second-order valence-corrected chi connectivity index (χ2v) is 6.66. The molecular weight excluding hydrogens is 338 g/mol. The van der Waals surface area contributed by atoms with Crippen LogP contribution >= 0.6 is 11.8 Å². The number of nitrogens with zero attached hydrogens (tertiary/aromatic N) is 6. The number of amides is 1. The first kappa shape index (κ1) is 17.2.